The van der Waals surface area contributed by atoms with Crippen LogP contribution in [0.5, 0.6) is 0 Å². The summed E-state index contributed by atoms with van der Waals surface area (Å²) >= 11 is 0. The van der Waals surface area contributed by atoms with E-state index in [-0.39, 0.29) is 11.8 Å². The average molecular weight is 370 g/mol. The highest BCUT2D eigenvalue weighted by molar-refractivity contribution is 6.13. The smallest absolute Gasteiger partial charge is 0.240 e. The number of nitrogens with zero attached hydrogens (tertiary/aromatic N) is 2. The zero-order chi connectivity index (χ0) is 18.9. The molecule has 0 spiro atoms. The van der Waals surface area contributed by atoms with Gasteiger partial charge in [0, 0.05) is 37.6 Å². The van der Waals surface area contributed by atoms with Crippen LogP contribution in [0.3, 0.4) is 0 Å². The zero-order valence-electron chi connectivity index (χ0n) is 16.4. The van der Waals surface area contributed by atoms with Gasteiger partial charge in [0.25, 0.3) is 0 Å². The van der Waals surface area contributed by atoms with Crippen LogP contribution in [0.15, 0.2) is 24.3 Å². The number of benzene rings is 1. The Kier molecular flexibility index (Phi) is 5.11. The van der Waals surface area contributed by atoms with Crippen LogP contribution in [0.4, 0.5) is 11.4 Å². The van der Waals surface area contributed by atoms with Crippen molar-refractivity contribution in [1.29, 1.82) is 0 Å². The molecule has 2 heterocycles. The molecule has 5 nitrogen and oxygen atoms in total. The van der Waals surface area contributed by atoms with Crippen LogP contribution in [0.1, 0.15) is 51.9 Å². The predicted molar refractivity (Wildman–Crippen MR) is 108 cm³/mol. The Morgan fingerprint density at radius 2 is 1.59 bits per heavy atom. The minimum absolute atomic E-state index is 0.0387. The SMILES string of the molecule is CC1CCN(C(=O)C2(C(=O)Nc3ccc(N4CCCCC4)cc3)CC2)CC1. The van der Waals surface area contributed by atoms with Gasteiger partial charge in [-0.05, 0) is 75.1 Å². The number of amides is 2. The normalized spacial score (nSPS) is 22.4. The molecular weight excluding hydrogens is 338 g/mol. The van der Waals surface area contributed by atoms with Crippen LogP contribution >= 0.6 is 0 Å². The van der Waals surface area contributed by atoms with Crippen molar-refractivity contribution >= 4 is 23.2 Å². The summed E-state index contributed by atoms with van der Waals surface area (Å²) in [7, 11) is 0. The fourth-order valence-electron chi connectivity index (χ4n) is 4.34. The van der Waals surface area contributed by atoms with E-state index in [0.717, 1.165) is 44.7 Å². The molecule has 0 unspecified atom stereocenters. The lowest BCUT2D eigenvalue weighted by Gasteiger charge is -2.32. The van der Waals surface area contributed by atoms with Crippen LogP contribution in [0.25, 0.3) is 0 Å². The highest BCUT2D eigenvalue weighted by Gasteiger charge is 2.58. The maximum atomic E-state index is 12.9. The number of likely N-dealkylation sites (tertiary alicyclic amines) is 1. The van der Waals surface area contributed by atoms with Gasteiger partial charge in [-0.25, -0.2) is 0 Å². The third kappa shape index (κ3) is 3.83. The average Bonchev–Trinajstić information content (AvgIpc) is 3.51. The molecule has 1 aliphatic carbocycles. The largest absolute Gasteiger partial charge is 0.372 e. The first-order valence-electron chi connectivity index (χ1n) is 10.5. The number of rotatable bonds is 4. The Labute approximate surface area is 162 Å². The lowest BCUT2D eigenvalue weighted by molar-refractivity contribution is -0.143. The number of hydrogen-bond donors (Lipinski definition) is 1. The Morgan fingerprint density at radius 1 is 0.963 bits per heavy atom. The first-order valence-corrected chi connectivity index (χ1v) is 10.5. The van der Waals surface area contributed by atoms with Gasteiger partial charge in [0.2, 0.25) is 11.8 Å². The van der Waals surface area contributed by atoms with E-state index in [1.807, 2.05) is 17.0 Å². The Bertz CT molecular complexity index is 682. The van der Waals surface area contributed by atoms with Gasteiger partial charge in [-0.2, -0.15) is 0 Å². The summed E-state index contributed by atoms with van der Waals surface area (Å²) in [6.45, 7) is 6.03. The third-order valence-corrected chi connectivity index (χ3v) is 6.51. The molecule has 2 aliphatic heterocycles. The second-order valence-electron chi connectivity index (χ2n) is 8.61. The van der Waals surface area contributed by atoms with Crippen molar-refractivity contribution < 1.29 is 9.59 Å². The van der Waals surface area contributed by atoms with Crippen molar-refractivity contribution in [3.05, 3.63) is 24.3 Å². The summed E-state index contributed by atoms with van der Waals surface area (Å²) in [6.07, 6.45) is 7.25. The maximum absolute atomic E-state index is 12.9. The molecule has 1 aromatic carbocycles. The number of carbonyl (C=O) groups is 2. The van der Waals surface area contributed by atoms with E-state index in [9.17, 15) is 9.59 Å². The zero-order valence-corrected chi connectivity index (χ0v) is 16.4. The first kappa shape index (κ1) is 18.3. The first-order chi connectivity index (χ1) is 13.1. The van der Waals surface area contributed by atoms with Gasteiger partial charge in [0.1, 0.15) is 5.41 Å². The maximum Gasteiger partial charge on any atom is 0.240 e. The molecule has 1 aromatic rings. The van der Waals surface area contributed by atoms with E-state index < -0.39 is 5.41 Å². The number of anilines is 2. The topological polar surface area (TPSA) is 52.7 Å². The number of piperidine rings is 2. The highest BCUT2D eigenvalue weighted by atomic mass is 16.2. The molecular formula is C22H31N3O2. The standard InChI is InChI=1S/C22H31N3O2/c1-17-9-15-25(16-10-17)21(27)22(11-12-22)20(26)23-18-5-7-19(8-6-18)24-13-3-2-4-14-24/h5-8,17H,2-4,9-16H2,1H3,(H,23,26). The van der Waals surface area contributed by atoms with E-state index in [2.05, 4.69) is 29.3 Å². The fraction of sp³-hybridized carbons (Fsp3) is 0.636. The van der Waals surface area contributed by atoms with E-state index >= 15 is 0 Å². The summed E-state index contributed by atoms with van der Waals surface area (Å²) in [5.74, 6) is 0.588. The van der Waals surface area contributed by atoms with Gasteiger partial charge in [-0.15, -0.1) is 0 Å². The summed E-state index contributed by atoms with van der Waals surface area (Å²) < 4.78 is 0. The summed E-state index contributed by atoms with van der Waals surface area (Å²) in [5, 5.41) is 3.00. The van der Waals surface area contributed by atoms with E-state index in [4.69, 9.17) is 0 Å². The highest BCUT2D eigenvalue weighted by Crippen LogP contribution is 2.48. The van der Waals surface area contributed by atoms with Crippen molar-refractivity contribution in [3.8, 4) is 0 Å². The molecule has 0 aromatic heterocycles. The molecule has 1 N–H and O–H groups in total. The molecule has 2 amide bonds. The summed E-state index contributed by atoms with van der Waals surface area (Å²) in [5.41, 5.74) is 1.19. The molecule has 3 aliphatic rings. The summed E-state index contributed by atoms with van der Waals surface area (Å²) in [4.78, 5) is 30.1. The molecule has 2 saturated heterocycles. The van der Waals surface area contributed by atoms with Crippen molar-refractivity contribution in [2.45, 2.75) is 51.9 Å². The van der Waals surface area contributed by atoms with Crippen LogP contribution < -0.4 is 10.2 Å². The van der Waals surface area contributed by atoms with Crippen LogP contribution in [0, 0.1) is 11.3 Å². The van der Waals surface area contributed by atoms with Gasteiger partial charge in [-0.1, -0.05) is 6.92 Å². The lowest BCUT2D eigenvalue weighted by Crippen LogP contribution is -2.46. The van der Waals surface area contributed by atoms with Crippen molar-refractivity contribution in [2.24, 2.45) is 11.3 Å². The van der Waals surface area contributed by atoms with E-state index in [1.54, 1.807) is 0 Å². The minimum Gasteiger partial charge on any atom is -0.372 e. The molecule has 4 rings (SSSR count). The van der Waals surface area contributed by atoms with Gasteiger partial charge >= 0.3 is 0 Å². The minimum atomic E-state index is -0.813. The van der Waals surface area contributed by atoms with Crippen LogP contribution in [-0.2, 0) is 9.59 Å². The van der Waals surface area contributed by atoms with Gasteiger partial charge in [0.05, 0.1) is 0 Å². The second-order valence-corrected chi connectivity index (χ2v) is 8.61. The third-order valence-electron chi connectivity index (χ3n) is 6.51. The molecule has 1 saturated carbocycles. The molecule has 0 atom stereocenters. The molecule has 146 valence electrons. The Hall–Kier alpha value is -2.04. The number of carbonyl (C=O) groups excluding carboxylic acids is 2. The fourth-order valence-corrected chi connectivity index (χ4v) is 4.34. The van der Waals surface area contributed by atoms with E-state index in [1.165, 1.54) is 24.9 Å². The van der Waals surface area contributed by atoms with Crippen molar-refractivity contribution in [1.82, 2.24) is 4.90 Å². The molecule has 27 heavy (non-hydrogen) atoms. The van der Waals surface area contributed by atoms with E-state index in [0.29, 0.717) is 18.8 Å². The number of hydrogen-bond acceptors (Lipinski definition) is 3. The Morgan fingerprint density at radius 3 is 2.19 bits per heavy atom. The molecule has 5 heteroatoms. The van der Waals surface area contributed by atoms with Crippen LogP contribution in [0.2, 0.25) is 0 Å². The molecule has 0 radical (unpaired) electrons. The summed E-state index contributed by atoms with van der Waals surface area (Å²) in [6, 6.07) is 8.08. The quantitative estimate of drug-likeness (QED) is 0.824. The van der Waals surface area contributed by atoms with Crippen LogP contribution in [-0.4, -0.2) is 42.9 Å². The number of nitrogens with one attached hydrogen (secondary N) is 1. The predicted octanol–water partition coefficient (Wildman–Crippen LogP) is 3.65. The van der Waals surface area contributed by atoms with Gasteiger partial charge in [0.15, 0.2) is 0 Å². The molecule has 3 fully saturated rings. The van der Waals surface area contributed by atoms with Crippen molar-refractivity contribution in [3.63, 3.8) is 0 Å². The Balaban J connectivity index is 1.37. The second kappa shape index (κ2) is 7.53. The molecule has 0 bridgehead atoms. The van der Waals surface area contributed by atoms with Gasteiger partial charge in [-0.3, -0.25) is 9.59 Å². The van der Waals surface area contributed by atoms with Gasteiger partial charge < -0.3 is 15.1 Å². The van der Waals surface area contributed by atoms with Crippen molar-refractivity contribution in [2.75, 3.05) is 36.4 Å². The lowest BCUT2D eigenvalue weighted by atomic mass is 9.96. The monoisotopic (exact) mass is 369 g/mol.